The Morgan fingerprint density at radius 3 is 2.44 bits per heavy atom. The molecule has 144 valence electrons. The van der Waals surface area contributed by atoms with Crippen LogP contribution >= 0.6 is 12.4 Å². The first-order valence-corrected chi connectivity index (χ1v) is 10.1. The number of nitrogens with zero attached hydrogens (tertiary/aromatic N) is 1. The molecule has 1 atom stereocenters. The second-order valence-electron chi connectivity index (χ2n) is 8.47. The molecule has 0 aromatic heterocycles. The van der Waals surface area contributed by atoms with Gasteiger partial charge < -0.3 is 15.4 Å². The molecule has 4 rings (SSSR count). The molecule has 2 aliphatic carbocycles. The maximum absolute atomic E-state index is 12.8. The summed E-state index contributed by atoms with van der Waals surface area (Å²) in [6.07, 6.45) is 9.88. The summed E-state index contributed by atoms with van der Waals surface area (Å²) >= 11 is 0. The molecular weight excluding hydrogens is 338 g/mol. The number of nitrogens with one attached hydrogen (secondary N) is 2. The third-order valence-corrected chi connectivity index (χ3v) is 7.16. The van der Waals surface area contributed by atoms with Gasteiger partial charge in [-0.15, -0.1) is 12.4 Å². The molecule has 25 heavy (non-hydrogen) atoms. The number of carbonyl (C=O) groups is 1. The molecule has 1 unspecified atom stereocenters. The smallest absolute Gasteiger partial charge is 0.223 e. The minimum absolute atomic E-state index is 0. The van der Waals surface area contributed by atoms with Gasteiger partial charge in [-0.1, -0.05) is 19.3 Å². The van der Waals surface area contributed by atoms with Gasteiger partial charge in [0.05, 0.1) is 13.2 Å². The van der Waals surface area contributed by atoms with Crippen molar-refractivity contribution >= 4 is 18.3 Å². The minimum atomic E-state index is 0. The predicted octanol–water partition coefficient (Wildman–Crippen LogP) is 1.95. The third-order valence-electron chi connectivity index (χ3n) is 7.16. The van der Waals surface area contributed by atoms with Crippen molar-refractivity contribution in [3.8, 4) is 0 Å². The van der Waals surface area contributed by atoms with Gasteiger partial charge in [0, 0.05) is 31.1 Å². The zero-order valence-corrected chi connectivity index (χ0v) is 16.2. The van der Waals surface area contributed by atoms with E-state index in [0.717, 1.165) is 52.4 Å². The Hall–Kier alpha value is -0.360. The van der Waals surface area contributed by atoms with Crippen molar-refractivity contribution in [1.82, 2.24) is 15.5 Å². The molecule has 5 nitrogen and oxygen atoms in total. The summed E-state index contributed by atoms with van der Waals surface area (Å²) < 4.78 is 5.55. The van der Waals surface area contributed by atoms with Crippen LogP contribution in [0.25, 0.3) is 0 Å². The average molecular weight is 372 g/mol. The fraction of sp³-hybridized carbons (Fsp3) is 0.947. The number of morpholine rings is 1. The molecule has 0 aromatic rings. The quantitative estimate of drug-likeness (QED) is 0.793. The summed E-state index contributed by atoms with van der Waals surface area (Å²) in [5.41, 5.74) is 0.530. The molecule has 1 spiro atoms. The number of piperidine rings is 1. The maximum Gasteiger partial charge on any atom is 0.223 e. The first-order valence-electron chi connectivity index (χ1n) is 10.1. The second-order valence-corrected chi connectivity index (χ2v) is 8.47. The van der Waals surface area contributed by atoms with E-state index in [1.165, 1.54) is 44.9 Å². The van der Waals surface area contributed by atoms with Crippen molar-refractivity contribution in [2.24, 2.45) is 11.3 Å². The molecule has 2 saturated carbocycles. The van der Waals surface area contributed by atoms with Gasteiger partial charge in [0.15, 0.2) is 0 Å². The van der Waals surface area contributed by atoms with E-state index in [-0.39, 0.29) is 23.9 Å². The van der Waals surface area contributed by atoms with E-state index in [4.69, 9.17) is 4.74 Å². The van der Waals surface area contributed by atoms with E-state index < -0.39 is 0 Å². The Morgan fingerprint density at radius 2 is 1.76 bits per heavy atom. The van der Waals surface area contributed by atoms with Crippen LogP contribution in [0.5, 0.6) is 0 Å². The molecule has 1 amide bonds. The topological polar surface area (TPSA) is 53.6 Å². The Morgan fingerprint density at radius 1 is 1.08 bits per heavy atom. The van der Waals surface area contributed by atoms with Gasteiger partial charge in [-0.3, -0.25) is 9.69 Å². The monoisotopic (exact) mass is 371 g/mol. The second kappa shape index (κ2) is 8.12. The number of rotatable bonds is 4. The largest absolute Gasteiger partial charge is 0.379 e. The molecule has 2 aliphatic heterocycles. The first kappa shape index (κ1) is 19.4. The van der Waals surface area contributed by atoms with E-state index in [1.54, 1.807) is 0 Å². The van der Waals surface area contributed by atoms with Gasteiger partial charge in [-0.25, -0.2) is 0 Å². The number of amides is 1. The van der Waals surface area contributed by atoms with Crippen molar-refractivity contribution in [3.63, 3.8) is 0 Å². The molecule has 2 heterocycles. The van der Waals surface area contributed by atoms with Crippen molar-refractivity contribution < 1.29 is 9.53 Å². The summed E-state index contributed by atoms with van der Waals surface area (Å²) in [5.74, 6) is 0.611. The van der Waals surface area contributed by atoms with Crippen LogP contribution in [-0.2, 0) is 9.53 Å². The normalized spacial score (nSPS) is 31.1. The van der Waals surface area contributed by atoms with Gasteiger partial charge in [0.25, 0.3) is 0 Å². The van der Waals surface area contributed by atoms with Gasteiger partial charge in [-0.05, 0) is 50.6 Å². The van der Waals surface area contributed by atoms with Crippen LogP contribution in [0.3, 0.4) is 0 Å². The van der Waals surface area contributed by atoms with Gasteiger partial charge in [0.2, 0.25) is 5.91 Å². The fourth-order valence-electron chi connectivity index (χ4n) is 5.42. The predicted molar refractivity (Wildman–Crippen MR) is 101 cm³/mol. The summed E-state index contributed by atoms with van der Waals surface area (Å²) in [6, 6.07) is 0. The van der Waals surface area contributed by atoms with Crippen LogP contribution in [0.1, 0.15) is 51.4 Å². The van der Waals surface area contributed by atoms with Crippen molar-refractivity contribution in [1.29, 1.82) is 0 Å². The van der Waals surface area contributed by atoms with Crippen molar-refractivity contribution in [2.75, 3.05) is 45.9 Å². The number of hydrogen-bond donors (Lipinski definition) is 2. The number of hydrogen-bond acceptors (Lipinski definition) is 4. The van der Waals surface area contributed by atoms with E-state index in [9.17, 15) is 4.79 Å². The van der Waals surface area contributed by atoms with E-state index in [1.807, 2.05) is 0 Å². The standard InChI is InChI=1S/C19H33N3O2.ClH/c23-17(16-14-18(16)6-8-20-9-7-18)21-15-19(4-2-1-3-5-19)22-10-12-24-13-11-22;/h16,20H,1-15H2,(H,21,23);1H. The van der Waals surface area contributed by atoms with Crippen molar-refractivity contribution in [2.45, 2.75) is 56.9 Å². The molecule has 2 saturated heterocycles. The SMILES string of the molecule is Cl.O=C(NCC1(N2CCOCC2)CCCCC1)C1CC12CCNCC2. The molecule has 2 N–H and O–H groups in total. The highest BCUT2D eigenvalue weighted by Crippen LogP contribution is 2.58. The number of carbonyl (C=O) groups excluding carboxylic acids is 1. The van der Waals surface area contributed by atoms with Gasteiger partial charge >= 0.3 is 0 Å². The fourth-order valence-corrected chi connectivity index (χ4v) is 5.42. The third kappa shape index (κ3) is 4.00. The molecule has 6 heteroatoms. The van der Waals surface area contributed by atoms with Gasteiger partial charge in [-0.2, -0.15) is 0 Å². The van der Waals surface area contributed by atoms with Gasteiger partial charge in [0.1, 0.15) is 0 Å². The molecule has 4 fully saturated rings. The summed E-state index contributed by atoms with van der Waals surface area (Å²) in [4.78, 5) is 15.4. The lowest BCUT2D eigenvalue weighted by molar-refractivity contribution is -0.124. The Bertz CT molecular complexity index is 456. The van der Waals surface area contributed by atoms with Crippen LogP contribution in [-0.4, -0.2) is 62.3 Å². The van der Waals surface area contributed by atoms with E-state index >= 15 is 0 Å². The molecule has 0 bridgehead atoms. The Balaban J connectivity index is 0.00000182. The summed E-state index contributed by atoms with van der Waals surface area (Å²) in [7, 11) is 0. The molecule has 4 aliphatic rings. The lowest BCUT2D eigenvalue weighted by Gasteiger charge is -2.48. The van der Waals surface area contributed by atoms with Crippen LogP contribution in [0.2, 0.25) is 0 Å². The Labute approximate surface area is 158 Å². The summed E-state index contributed by atoms with van der Waals surface area (Å²) in [5, 5.41) is 6.80. The van der Waals surface area contributed by atoms with Crippen LogP contribution in [0, 0.1) is 11.3 Å². The van der Waals surface area contributed by atoms with Crippen LogP contribution in [0.15, 0.2) is 0 Å². The minimum Gasteiger partial charge on any atom is -0.379 e. The number of halogens is 1. The van der Waals surface area contributed by atoms with E-state index in [0.29, 0.717) is 11.3 Å². The molecule has 0 aromatic carbocycles. The van der Waals surface area contributed by atoms with Crippen molar-refractivity contribution in [3.05, 3.63) is 0 Å². The maximum atomic E-state index is 12.8. The van der Waals surface area contributed by atoms with Crippen LogP contribution < -0.4 is 10.6 Å². The summed E-state index contributed by atoms with van der Waals surface area (Å²) in [6.45, 7) is 6.74. The zero-order valence-electron chi connectivity index (χ0n) is 15.4. The highest BCUT2D eigenvalue weighted by atomic mass is 35.5. The molecule has 0 radical (unpaired) electrons. The average Bonchev–Trinajstić information content (AvgIpc) is 3.35. The Kier molecular flexibility index (Phi) is 6.30. The highest BCUT2D eigenvalue weighted by Gasteiger charge is 2.57. The first-order chi connectivity index (χ1) is 11.7. The van der Waals surface area contributed by atoms with Crippen LogP contribution in [0.4, 0.5) is 0 Å². The highest BCUT2D eigenvalue weighted by molar-refractivity contribution is 5.85. The lowest BCUT2D eigenvalue weighted by Crippen LogP contribution is -2.59. The molecular formula is C19H34ClN3O2. The lowest BCUT2D eigenvalue weighted by atomic mass is 9.79. The van der Waals surface area contributed by atoms with E-state index in [2.05, 4.69) is 15.5 Å². The zero-order chi connectivity index (χ0) is 16.5. The number of ether oxygens (including phenoxy) is 1.